The van der Waals surface area contributed by atoms with E-state index < -0.39 is 11.8 Å². The molecule has 2 heterocycles. The number of esters is 1. The van der Waals surface area contributed by atoms with Crippen LogP contribution in [-0.4, -0.2) is 33.9 Å². The molecule has 0 saturated carbocycles. The molecule has 7 nitrogen and oxygen atoms in total. The predicted octanol–water partition coefficient (Wildman–Crippen LogP) is 3.59. The number of aromatic hydroxyl groups is 1. The number of nitrogens with one attached hydrogen (secondary N) is 1. The number of ketones is 1. The predicted molar refractivity (Wildman–Crippen MR) is 103 cm³/mol. The van der Waals surface area contributed by atoms with Crippen LogP contribution in [0, 0.1) is 0 Å². The lowest BCUT2D eigenvalue weighted by molar-refractivity contribution is -0.132. The first-order valence-electron chi connectivity index (χ1n) is 8.48. The normalized spacial score (nSPS) is 10.9. The van der Waals surface area contributed by atoms with Gasteiger partial charge in [0.25, 0.3) is 0 Å². The highest BCUT2D eigenvalue weighted by Gasteiger charge is 2.20. The zero-order chi connectivity index (χ0) is 19.8. The van der Waals surface area contributed by atoms with E-state index in [9.17, 15) is 14.7 Å². The third-order valence-corrected chi connectivity index (χ3v) is 4.40. The number of nitrogens with zero attached hydrogens (tertiary/aromatic N) is 1. The number of benzene rings is 2. The number of fused-ring (bicyclic) bond motifs is 3. The standard InChI is InChI=1S/C21H16N2O5/c1-11(24)28-19-9-17(25)15(8-18(19)27-2)20(26)12-7-14-13-5-3-4-6-16(13)23-21(14)22-10-12/h3-10,25H,1-2H3,(H,22,23). The highest BCUT2D eigenvalue weighted by molar-refractivity contribution is 6.14. The lowest BCUT2D eigenvalue weighted by Crippen LogP contribution is -2.06. The van der Waals surface area contributed by atoms with Gasteiger partial charge in [0.05, 0.1) is 12.7 Å². The molecule has 2 aromatic heterocycles. The van der Waals surface area contributed by atoms with Crippen LogP contribution in [0.4, 0.5) is 0 Å². The number of aromatic nitrogens is 2. The third kappa shape index (κ3) is 2.92. The highest BCUT2D eigenvalue weighted by atomic mass is 16.6. The molecule has 28 heavy (non-hydrogen) atoms. The van der Waals surface area contributed by atoms with E-state index in [-0.39, 0.29) is 22.8 Å². The second-order valence-corrected chi connectivity index (χ2v) is 6.23. The molecule has 4 rings (SSSR count). The molecule has 7 heteroatoms. The lowest BCUT2D eigenvalue weighted by atomic mass is 10.0. The number of pyridine rings is 1. The Balaban J connectivity index is 1.80. The molecule has 0 atom stereocenters. The Bertz CT molecular complexity index is 1240. The minimum Gasteiger partial charge on any atom is -0.507 e. The van der Waals surface area contributed by atoms with Gasteiger partial charge in [-0.05, 0) is 18.2 Å². The SMILES string of the molecule is COc1cc(C(=O)c2cnc3[nH]c4ccccc4c3c2)c(O)cc1OC(C)=O. The van der Waals surface area contributed by atoms with Crippen molar-refractivity contribution in [3.63, 3.8) is 0 Å². The molecule has 0 unspecified atom stereocenters. The molecule has 0 saturated heterocycles. The van der Waals surface area contributed by atoms with Crippen molar-refractivity contribution < 1.29 is 24.2 Å². The van der Waals surface area contributed by atoms with Crippen LogP contribution in [0.5, 0.6) is 17.2 Å². The van der Waals surface area contributed by atoms with Crippen molar-refractivity contribution in [2.45, 2.75) is 6.92 Å². The number of methoxy groups -OCH3 is 1. The Hall–Kier alpha value is -3.87. The number of H-pyrrole nitrogens is 1. The number of carbonyl (C=O) groups is 2. The van der Waals surface area contributed by atoms with Crippen LogP contribution < -0.4 is 9.47 Å². The first kappa shape index (κ1) is 17.5. The average Bonchev–Trinajstić information content (AvgIpc) is 3.05. The summed E-state index contributed by atoms with van der Waals surface area (Å²) in [4.78, 5) is 31.7. The molecule has 0 bridgehead atoms. The van der Waals surface area contributed by atoms with Crippen molar-refractivity contribution >= 4 is 33.7 Å². The summed E-state index contributed by atoms with van der Waals surface area (Å²) >= 11 is 0. The molecule has 140 valence electrons. The van der Waals surface area contributed by atoms with Gasteiger partial charge in [0, 0.05) is 41.0 Å². The third-order valence-electron chi connectivity index (χ3n) is 4.40. The first-order chi connectivity index (χ1) is 13.5. The van der Waals surface area contributed by atoms with E-state index in [1.54, 1.807) is 6.07 Å². The van der Waals surface area contributed by atoms with Crippen molar-refractivity contribution in [1.29, 1.82) is 0 Å². The monoisotopic (exact) mass is 376 g/mol. The van der Waals surface area contributed by atoms with E-state index in [0.29, 0.717) is 11.2 Å². The van der Waals surface area contributed by atoms with Gasteiger partial charge in [-0.2, -0.15) is 0 Å². The number of hydrogen-bond acceptors (Lipinski definition) is 6. The zero-order valence-electron chi connectivity index (χ0n) is 15.1. The maximum absolute atomic E-state index is 13.0. The van der Waals surface area contributed by atoms with Gasteiger partial charge in [0.2, 0.25) is 0 Å². The van der Waals surface area contributed by atoms with Crippen LogP contribution in [0.2, 0.25) is 0 Å². The van der Waals surface area contributed by atoms with E-state index >= 15 is 0 Å². The van der Waals surface area contributed by atoms with Gasteiger partial charge in [-0.25, -0.2) is 4.98 Å². The summed E-state index contributed by atoms with van der Waals surface area (Å²) in [6.07, 6.45) is 1.45. The fourth-order valence-electron chi connectivity index (χ4n) is 3.13. The molecular formula is C21H16N2O5. The average molecular weight is 376 g/mol. The van der Waals surface area contributed by atoms with Gasteiger partial charge < -0.3 is 19.6 Å². The minimum atomic E-state index is -0.564. The van der Waals surface area contributed by atoms with Crippen LogP contribution >= 0.6 is 0 Å². The van der Waals surface area contributed by atoms with Crippen LogP contribution in [0.25, 0.3) is 21.9 Å². The second kappa shape index (κ2) is 6.70. The number of para-hydroxylation sites is 1. The van der Waals surface area contributed by atoms with E-state index in [4.69, 9.17) is 9.47 Å². The Morgan fingerprint density at radius 2 is 1.86 bits per heavy atom. The first-order valence-corrected chi connectivity index (χ1v) is 8.48. The smallest absolute Gasteiger partial charge is 0.308 e. The van der Waals surface area contributed by atoms with Gasteiger partial charge in [-0.15, -0.1) is 0 Å². The topological polar surface area (TPSA) is 102 Å². The van der Waals surface area contributed by atoms with Gasteiger partial charge in [-0.1, -0.05) is 18.2 Å². The van der Waals surface area contributed by atoms with Crippen molar-refractivity contribution in [2.24, 2.45) is 0 Å². The van der Waals surface area contributed by atoms with Crippen molar-refractivity contribution in [3.8, 4) is 17.2 Å². The largest absolute Gasteiger partial charge is 0.507 e. The Kier molecular flexibility index (Phi) is 4.19. The molecule has 0 aliphatic rings. The summed E-state index contributed by atoms with van der Waals surface area (Å²) in [6, 6.07) is 12.0. The number of phenolic OH excluding ortho intramolecular Hbond substituents is 1. The summed E-state index contributed by atoms with van der Waals surface area (Å²) in [7, 11) is 1.38. The number of rotatable bonds is 4. The maximum atomic E-state index is 13.0. The summed E-state index contributed by atoms with van der Waals surface area (Å²) in [6.45, 7) is 1.23. The summed E-state index contributed by atoms with van der Waals surface area (Å²) in [5, 5.41) is 12.1. The van der Waals surface area contributed by atoms with E-state index in [0.717, 1.165) is 16.3 Å². The maximum Gasteiger partial charge on any atom is 0.308 e. The van der Waals surface area contributed by atoms with Gasteiger partial charge in [-0.3, -0.25) is 9.59 Å². The molecular weight excluding hydrogens is 360 g/mol. The minimum absolute atomic E-state index is 0.0220. The molecule has 0 aliphatic heterocycles. The Morgan fingerprint density at radius 1 is 1.07 bits per heavy atom. The molecule has 0 spiro atoms. The van der Waals surface area contributed by atoms with Crippen LogP contribution in [0.1, 0.15) is 22.8 Å². The number of ether oxygens (including phenoxy) is 2. The molecule has 2 aromatic carbocycles. The Labute approximate surface area is 159 Å². The van der Waals surface area contributed by atoms with Crippen molar-refractivity contribution in [2.75, 3.05) is 7.11 Å². The molecule has 2 N–H and O–H groups in total. The molecule has 4 aromatic rings. The van der Waals surface area contributed by atoms with Gasteiger partial charge in [0.15, 0.2) is 17.3 Å². The number of hydrogen-bond donors (Lipinski definition) is 2. The lowest BCUT2D eigenvalue weighted by Gasteiger charge is -2.11. The molecule has 0 amide bonds. The van der Waals surface area contributed by atoms with Crippen LogP contribution in [0.3, 0.4) is 0 Å². The van der Waals surface area contributed by atoms with E-state index in [1.807, 2.05) is 24.3 Å². The summed E-state index contributed by atoms with van der Waals surface area (Å²) in [5.41, 5.74) is 1.93. The summed E-state index contributed by atoms with van der Waals surface area (Å²) < 4.78 is 10.2. The van der Waals surface area contributed by atoms with E-state index in [1.165, 1.54) is 32.4 Å². The van der Waals surface area contributed by atoms with E-state index in [2.05, 4.69) is 9.97 Å². The number of aromatic amines is 1. The van der Waals surface area contributed by atoms with Crippen LogP contribution in [-0.2, 0) is 4.79 Å². The quantitative estimate of drug-likeness (QED) is 0.321. The number of phenols is 1. The highest BCUT2D eigenvalue weighted by Crippen LogP contribution is 2.36. The summed E-state index contributed by atoms with van der Waals surface area (Å²) in [5.74, 6) is -1.11. The second-order valence-electron chi connectivity index (χ2n) is 6.23. The van der Waals surface area contributed by atoms with Gasteiger partial charge in [0.1, 0.15) is 11.4 Å². The fraction of sp³-hybridized carbons (Fsp3) is 0.0952. The molecule has 0 fully saturated rings. The van der Waals surface area contributed by atoms with Crippen molar-refractivity contribution in [1.82, 2.24) is 9.97 Å². The zero-order valence-corrected chi connectivity index (χ0v) is 15.1. The fourth-order valence-corrected chi connectivity index (χ4v) is 3.13. The van der Waals surface area contributed by atoms with Crippen molar-refractivity contribution in [3.05, 3.63) is 59.8 Å². The van der Waals surface area contributed by atoms with Crippen LogP contribution in [0.15, 0.2) is 48.7 Å². The van der Waals surface area contributed by atoms with Gasteiger partial charge >= 0.3 is 5.97 Å². The molecule has 0 radical (unpaired) electrons. The molecule has 0 aliphatic carbocycles. The Morgan fingerprint density at radius 3 is 2.61 bits per heavy atom. The number of carbonyl (C=O) groups excluding carboxylic acids is 2.